The summed E-state index contributed by atoms with van der Waals surface area (Å²) in [4.78, 5) is 25.1. The number of aromatic nitrogens is 6. The first kappa shape index (κ1) is 27.7. The van der Waals surface area contributed by atoms with Crippen molar-refractivity contribution in [3.8, 4) is 32.5 Å². The number of amides is 1. The molecular weight excluding hydrogens is 535 g/mol. The number of rotatable bonds is 9. The van der Waals surface area contributed by atoms with E-state index in [1.165, 1.54) is 37.7 Å². The summed E-state index contributed by atoms with van der Waals surface area (Å²) >= 11 is 1.19. The van der Waals surface area contributed by atoms with Crippen molar-refractivity contribution in [3.05, 3.63) is 42.6 Å². The summed E-state index contributed by atoms with van der Waals surface area (Å²) in [5.41, 5.74) is -0.486. The molecule has 0 bridgehead atoms. The number of nitrogens with one attached hydrogen (secondary N) is 1. The van der Waals surface area contributed by atoms with Crippen molar-refractivity contribution in [2.45, 2.75) is 45.5 Å². The SMILES string of the molecule is CC(=O)Nc1cc(-c2nc(-c3cn(C)nc3C(F)(F)F)c(-c3nccn3COCC[Si](C)(C)C)s2)ccn1. The van der Waals surface area contributed by atoms with Gasteiger partial charge in [-0.05, 0) is 18.2 Å². The highest BCUT2D eigenvalue weighted by molar-refractivity contribution is 7.18. The molecular formula is C24H28F3N7O2SSi. The maximum absolute atomic E-state index is 13.9. The molecule has 4 rings (SSSR count). The molecule has 0 aliphatic rings. The lowest BCUT2D eigenvalue weighted by Crippen LogP contribution is -2.22. The molecule has 0 fully saturated rings. The minimum absolute atomic E-state index is 0.109. The van der Waals surface area contributed by atoms with Gasteiger partial charge >= 0.3 is 6.18 Å². The lowest BCUT2D eigenvalue weighted by molar-refractivity contribution is -0.141. The minimum Gasteiger partial charge on any atom is -0.361 e. The Labute approximate surface area is 222 Å². The van der Waals surface area contributed by atoms with E-state index in [1.807, 2.05) is 0 Å². The van der Waals surface area contributed by atoms with Gasteiger partial charge in [-0.3, -0.25) is 9.48 Å². The normalized spacial score (nSPS) is 12.2. The molecule has 38 heavy (non-hydrogen) atoms. The number of carbonyl (C=O) groups excluding carboxylic acids is 1. The Morgan fingerprint density at radius 3 is 2.66 bits per heavy atom. The topological polar surface area (TPSA) is 99.8 Å². The van der Waals surface area contributed by atoms with Crippen molar-refractivity contribution in [2.24, 2.45) is 7.05 Å². The van der Waals surface area contributed by atoms with Crippen molar-refractivity contribution in [3.63, 3.8) is 0 Å². The summed E-state index contributed by atoms with van der Waals surface area (Å²) in [6.07, 6.45) is 1.43. The molecule has 0 radical (unpaired) electrons. The van der Waals surface area contributed by atoms with Gasteiger partial charge in [0.25, 0.3) is 0 Å². The van der Waals surface area contributed by atoms with Crippen LogP contribution >= 0.6 is 11.3 Å². The first-order valence-corrected chi connectivity index (χ1v) is 16.3. The molecule has 14 heteroatoms. The number of imidazole rings is 1. The van der Waals surface area contributed by atoms with Gasteiger partial charge < -0.3 is 14.6 Å². The minimum atomic E-state index is -4.68. The summed E-state index contributed by atoms with van der Waals surface area (Å²) < 4.78 is 50.5. The Kier molecular flexibility index (Phi) is 7.85. The lowest BCUT2D eigenvalue weighted by atomic mass is 10.1. The number of ether oxygens (including phenoxy) is 1. The monoisotopic (exact) mass is 563 g/mol. The van der Waals surface area contributed by atoms with Crippen molar-refractivity contribution in [1.82, 2.24) is 29.3 Å². The van der Waals surface area contributed by atoms with Crippen molar-refractivity contribution in [1.29, 1.82) is 0 Å². The number of alkyl halides is 3. The molecule has 0 saturated heterocycles. The average molecular weight is 564 g/mol. The third-order valence-electron chi connectivity index (χ3n) is 5.44. The van der Waals surface area contributed by atoms with Gasteiger partial charge in [0.2, 0.25) is 5.91 Å². The summed E-state index contributed by atoms with van der Waals surface area (Å²) in [5.74, 6) is 0.448. The van der Waals surface area contributed by atoms with Gasteiger partial charge in [-0.15, -0.1) is 11.3 Å². The van der Waals surface area contributed by atoms with E-state index in [2.05, 4.69) is 45.0 Å². The predicted octanol–water partition coefficient (Wildman–Crippen LogP) is 5.76. The number of pyridine rings is 1. The third-order valence-corrected chi connectivity index (χ3v) is 8.24. The van der Waals surface area contributed by atoms with E-state index < -0.39 is 19.9 Å². The second kappa shape index (κ2) is 10.8. The van der Waals surface area contributed by atoms with Crippen LogP contribution in [0.4, 0.5) is 19.0 Å². The number of halogens is 3. The smallest absolute Gasteiger partial charge is 0.361 e. The first-order chi connectivity index (χ1) is 17.8. The summed E-state index contributed by atoms with van der Waals surface area (Å²) in [5, 5.41) is 6.72. The number of hydrogen-bond donors (Lipinski definition) is 1. The van der Waals surface area contributed by atoms with Gasteiger partial charge in [0.05, 0.1) is 16.1 Å². The second-order valence-corrected chi connectivity index (χ2v) is 16.6. The van der Waals surface area contributed by atoms with Gasteiger partial charge in [-0.2, -0.15) is 18.3 Å². The fraction of sp³-hybridized carbons (Fsp3) is 0.375. The van der Waals surface area contributed by atoms with Crippen LogP contribution in [0.1, 0.15) is 12.6 Å². The number of thiazole rings is 1. The largest absolute Gasteiger partial charge is 0.435 e. The van der Waals surface area contributed by atoms with Gasteiger partial charge in [0, 0.05) is 59.0 Å². The molecule has 0 unspecified atom stereocenters. The van der Waals surface area contributed by atoms with Crippen LogP contribution in [0.5, 0.6) is 0 Å². The van der Waals surface area contributed by atoms with E-state index in [4.69, 9.17) is 4.74 Å². The van der Waals surface area contributed by atoms with Crippen LogP contribution in [0.2, 0.25) is 25.7 Å². The Morgan fingerprint density at radius 1 is 1.21 bits per heavy atom. The molecule has 1 N–H and O–H groups in total. The van der Waals surface area contributed by atoms with Crippen molar-refractivity contribution >= 4 is 31.1 Å². The molecule has 202 valence electrons. The Balaban J connectivity index is 1.80. The van der Waals surface area contributed by atoms with Gasteiger partial charge in [0.15, 0.2) is 11.5 Å². The van der Waals surface area contributed by atoms with Crippen molar-refractivity contribution < 1.29 is 22.7 Å². The zero-order valence-electron chi connectivity index (χ0n) is 21.6. The van der Waals surface area contributed by atoms with Crippen LogP contribution in [0.15, 0.2) is 36.9 Å². The van der Waals surface area contributed by atoms with Crippen LogP contribution in [0.25, 0.3) is 32.5 Å². The number of aryl methyl sites for hydroxylation is 1. The highest BCUT2D eigenvalue weighted by atomic mass is 32.1. The van der Waals surface area contributed by atoms with Crippen LogP contribution in [-0.4, -0.2) is 49.9 Å². The molecule has 4 aromatic heterocycles. The van der Waals surface area contributed by atoms with E-state index in [1.54, 1.807) is 29.1 Å². The fourth-order valence-electron chi connectivity index (χ4n) is 3.62. The van der Waals surface area contributed by atoms with Gasteiger partial charge in [-0.1, -0.05) is 19.6 Å². The number of carbonyl (C=O) groups is 1. The van der Waals surface area contributed by atoms with Crippen LogP contribution in [-0.2, 0) is 29.5 Å². The Hall–Kier alpha value is -3.36. The molecule has 9 nitrogen and oxygen atoms in total. The number of anilines is 1. The summed E-state index contributed by atoms with van der Waals surface area (Å²) in [6.45, 7) is 8.91. The zero-order valence-corrected chi connectivity index (χ0v) is 23.4. The predicted molar refractivity (Wildman–Crippen MR) is 142 cm³/mol. The van der Waals surface area contributed by atoms with Crippen LogP contribution in [0, 0.1) is 0 Å². The molecule has 1 amide bonds. The highest BCUT2D eigenvalue weighted by Gasteiger charge is 2.39. The first-order valence-electron chi connectivity index (χ1n) is 11.8. The van der Waals surface area contributed by atoms with E-state index in [9.17, 15) is 18.0 Å². The van der Waals surface area contributed by atoms with E-state index in [0.717, 1.165) is 10.7 Å². The zero-order chi connectivity index (χ0) is 27.7. The standard InChI is InChI=1S/C24H28F3N7O2SSi/c1-15(35)30-18-12-16(6-7-28-18)23-31-19(17-13-33(2)32-21(17)24(25,26)27)20(37-23)22-29-8-9-34(22)14-36-10-11-38(3,4)5/h6-9,12-13H,10-11,14H2,1-5H3,(H,28,30,35). The Morgan fingerprint density at radius 2 is 1.97 bits per heavy atom. The lowest BCUT2D eigenvalue weighted by Gasteiger charge is -2.16. The maximum Gasteiger partial charge on any atom is 0.435 e. The third kappa shape index (κ3) is 6.55. The molecule has 0 spiro atoms. The fourth-order valence-corrected chi connectivity index (χ4v) is 5.47. The second-order valence-electron chi connectivity index (χ2n) is 9.94. The molecule has 4 aromatic rings. The van der Waals surface area contributed by atoms with Crippen LogP contribution < -0.4 is 5.32 Å². The highest BCUT2D eigenvalue weighted by Crippen LogP contribution is 2.44. The number of nitrogens with zero attached hydrogens (tertiary/aromatic N) is 6. The molecule has 4 heterocycles. The van der Waals surface area contributed by atoms with Gasteiger partial charge in [-0.25, -0.2) is 15.0 Å². The molecule has 0 aliphatic heterocycles. The average Bonchev–Trinajstić information content (AvgIpc) is 3.53. The van der Waals surface area contributed by atoms with Gasteiger partial charge in [0.1, 0.15) is 17.6 Å². The number of hydrogen-bond acceptors (Lipinski definition) is 7. The summed E-state index contributed by atoms with van der Waals surface area (Å²) in [7, 11) is 0.146. The van der Waals surface area contributed by atoms with E-state index in [0.29, 0.717) is 33.7 Å². The molecule has 0 aliphatic carbocycles. The molecule has 0 aromatic carbocycles. The van der Waals surface area contributed by atoms with E-state index in [-0.39, 0.29) is 23.9 Å². The molecule has 0 atom stereocenters. The summed E-state index contributed by atoms with van der Waals surface area (Å²) in [6, 6.07) is 4.28. The van der Waals surface area contributed by atoms with Crippen molar-refractivity contribution in [2.75, 3.05) is 11.9 Å². The van der Waals surface area contributed by atoms with Crippen LogP contribution in [0.3, 0.4) is 0 Å². The maximum atomic E-state index is 13.9. The van der Waals surface area contributed by atoms with E-state index >= 15 is 0 Å². The quantitative estimate of drug-likeness (QED) is 0.205. The molecule has 0 saturated carbocycles. The Bertz CT molecular complexity index is 1440.